The molecule has 2 rings (SSSR count). The van der Waals surface area contributed by atoms with Gasteiger partial charge in [0.1, 0.15) is 0 Å². The molecule has 2 bridgehead atoms. The number of fused-ring (bicyclic) bond motifs is 2. The maximum atomic E-state index is 5.62. The Bertz CT molecular complexity index is 158. The summed E-state index contributed by atoms with van der Waals surface area (Å²) in [4.78, 5) is 2.58. The fourth-order valence-corrected chi connectivity index (χ4v) is 2.74. The van der Waals surface area contributed by atoms with Gasteiger partial charge in [0.15, 0.2) is 0 Å². The first kappa shape index (κ1) is 9.44. The quantitative estimate of drug-likeness (QED) is 0.641. The van der Waals surface area contributed by atoms with Gasteiger partial charge < -0.3 is 11.1 Å². The van der Waals surface area contributed by atoms with Crippen molar-refractivity contribution in [3.63, 3.8) is 0 Å². The van der Waals surface area contributed by atoms with Crippen molar-refractivity contribution in [2.75, 3.05) is 26.2 Å². The Kier molecular flexibility index (Phi) is 3.19. The summed E-state index contributed by atoms with van der Waals surface area (Å²) >= 11 is 0. The largest absolute Gasteiger partial charge is 0.329 e. The molecule has 2 atom stereocenters. The van der Waals surface area contributed by atoms with Crippen molar-refractivity contribution in [1.29, 1.82) is 0 Å². The molecule has 0 aromatic rings. The molecule has 0 aromatic heterocycles. The second kappa shape index (κ2) is 4.40. The Morgan fingerprint density at radius 2 is 2.31 bits per heavy atom. The van der Waals surface area contributed by atoms with Gasteiger partial charge in [-0.15, -0.1) is 0 Å². The van der Waals surface area contributed by atoms with Gasteiger partial charge in [-0.25, -0.2) is 0 Å². The summed E-state index contributed by atoms with van der Waals surface area (Å²) in [7, 11) is 0. The molecule has 13 heavy (non-hydrogen) atoms. The van der Waals surface area contributed by atoms with Gasteiger partial charge >= 0.3 is 0 Å². The Balaban J connectivity index is 1.95. The standard InChI is InChI=1S/C10H21N3/c11-4-6-13-7-5-12-9-2-1-3-10(13)8-9/h9-10,12H,1-8,11H2. The highest BCUT2D eigenvalue weighted by atomic mass is 15.2. The summed E-state index contributed by atoms with van der Waals surface area (Å²) < 4.78 is 0. The van der Waals surface area contributed by atoms with E-state index < -0.39 is 0 Å². The fraction of sp³-hybridized carbons (Fsp3) is 1.00. The summed E-state index contributed by atoms with van der Waals surface area (Å²) in [6.45, 7) is 4.24. The van der Waals surface area contributed by atoms with Crippen LogP contribution in [0.1, 0.15) is 25.7 Å². The Morgan fingerprint density at radius 3 is 3.15 bits per heavy atom. The average Bonchev–Trinajstić information content (AvgIpc) is 2.28. The molecule has 1 saturated carbocycles. The highest BCUT2D eigenvalue weighted by Crippen LogP contribution is 2.24. The van der Waals surface area contributed by atoms with Crippen LogP contribution in [0.15, 0.2) is 0 Å². The predicted molar refractivity (Wildman–Crippen MR) is 54.7 cm³/mol. The monoisotopic (exact) mass is 183 g/mol. The van der Waals surface area contributed by atoms with Crippen LogP contribution in [-0.4, -0.2) is 43.2 Å². The fourth-order valence-electron chi connectivity index (χ4n) is 2.74. The molecular formula is C10H21N3. The lowest BCUT2D eigenvalue weighted by Crippen LogP contribution is -2.41. The van der Waals surface area contributed by atoms with E-state index >= 15 is 0 Å². The maximum Gasteiger partial charge on any atom is 0.0111 e. The van der Waals surface area contributed by atoms with E-state index in [0.717, 1.165) is 31.7 Å². The molecular weight excluding hydrogens is 162 g/mol. The van der Waals surface area contributed by atoms with Crippen LogP contribution in [0.25, 0.3) is 0 Å². The van der Waals surface area contributed by atoms with E-state index in [9.17, 15) is 0 Å². The number of rotatable bonds is 2. The van der Waals surface area contributed by atoms with Crippen molar-refractivity contribution in [2.45, 2.75) is 37.8 Å². The van der Waals surface area contributed by atoms with E-state index in [1.54, 1.807) is 0 Å². The molecule has 2 unspecified atom stereocenters. The lowest BCUT2D eigenvalue weighted by molar-refractivity contribution is 0.175. The molecule has 1 saturated heterocycles. The Labute approximate surface area is 80.7 Å². The van der Waals surface area contributed by atoms with Gasteiger partial charge in [0.2, 0.25) is 0 Å². The van der Waals surface area contributed by atoms with E-state index in [2.05, 4.69) is 10.2 Å². The van der Waals surface area contributed by atoms with Gasteiger partial charge in [0.25, 0.3) is 0 Å². The second-order valence-corrected chi connectivity index (χ2v) is 4.30. The zero-order valence-electron chi connectivity index (χ0n) is 8.34. The first-order chi connectivity index (χ1) is 6.40. The zero-order valence-corrected chi connectivity index (χ0v) is 8.34. The number of nitrogens with one attached hydrogen (secondary N) is 1. The summed E-state index contributed by atoms with van der Waals surface area (Å²) in [6, 6.07) is 1.61. The number of hydrogen-bond donors (Lipinski definition) is 2. The van der Waals surface area contributed by atoms with E-state index in [4.69, 9.17) is 5.73 Å². The molecule has 0 spiro atoms. The van der Waals surface area contributed by atoms with Crippen LogP contribution < -0.4 is 11.1 Å². The third kappa shape index (κ3) is 2.22. The minimum absolute atomic E-state index is 0.793. The summed E-state index contributed by atoms with van der Waals surface area (Å²) in [6.07, 6.45) is 5.51. The second-order valence-electron chi connectivity index (χ2n) is 4.30. The highest BCUT2D eigenvalue weighted by molar-refractivity contribution is 4.87. The molecule has 0 amide bonds. The molecule has 76 valence electrons. The minimum atomic E-state index is 0.793. The molecule has 1 aliphatic carbocycles. The smallest absolute Gasteiger partial charge is 0.0111 e. The Hall–Kier alpha value is -0.120. The van der Waals surface area contributed by atoms with Crippen LogP contribution in [-0.2, 0) is 0 Å². The van der Waals surface area contributed by atoms with Gasteiger partial charge in [0.05, 0.1) is 0 Å². The van der Waals surface area contributed by atoms with Crippen LogP contribution in [0.5, 0.6) is 0 Å². The number of nitrogens with zero attached hydrogens (tertiary/aromatic N) is 1. The normalized spacial score (nSPS) is 35.8. The van der Waals surface area contributed by atoms with E-state index in [1.165, 1.54) is 32.2 Å². The molecule has 2 fully saturated rings. The molecule has 0 radical (unpaired) electrons. The van der Waals surface area contributed by atoms with Crippen molar-refractivity contribution < 1.29 is 0 Å². The zero-order chi connectivity index (χ0) is 9.10. The summed E-state index contributed by atoms with van der Waals surface area (Å²) in [5.74, 6) is 0. The SMILES string of the molecule is NCCN1CCNC2CCCC1C2. The van der Waals surface area contributed by atoms with Crippen molar-refractivity contribution in [2.24, 2.45) is 5.73 Å². The van der Waals surface area contributed by atoms with Crippen molar-refractivity contribution in [3.05, 3.63) is 0 Å². The van der Waals surface area contributed by atoms with Crippen molar-refractivity contribution >= 4 is 0 Å². The predicted octanol–water partition coefficient (Wildman–Crippen LogP) is 0.162. The third-order valence-electron chi connectivity index (χ3n) is 3.41. The van der Waals surface area contributed by atoms with Crippen LogP contribution in [0.4, 0.5) is 0 Å². The topological polar surface area (TPSA) is 41.3 Å². The average molecular weight is 183 g/mol. The van der Waals surface area contributed by atoms with E-state index in [1.807, 2.05) is 0 Å². The van der Waals surface area contributed by atoms with E-state index in [-0.39, 0.29) is 0 Å². The lowest BCUT2D eigenvalue weighted by atomic mass is 9.91. The third-order valence-corrected chi connectivity index (χ3v) is 3.41. The van der Waals surface area contributed by atoms with Crippen LogP contribution in [0.3, 0.4) is 0 Å². The number of hydrogen-bond acceptors (Lipinski definition) is 3. The Morgan fingerprint density at radius 1 is 1.38 bits per heavy atom. The molecule has 1 aliphatic heterocycles. The van der Waals surface area contributed by atoms with Crippen molar-refractivity contribution in [3.8, 4) is 0 Å². The van der Waals surface area contributed by atoms with Crippen LogP contribution >= 0.6 is 0 Å². The molecule has 0 aromatic carbocycles. The van der Waals surface area contributed by atoms with E-state index in [0.29, 0.717) is 0 Å². The molecule has 3 nitrogen and oxygen atoms in total. The summed E-state index contributed by atoms with van der Waals surface area (Å²) in [5, 5.41) is 3.62. The number of nitrogens with two attached hydrogens (primary N) is 1. The molecule has 1 heterocycles. The molecule has 2 aliphatic rings. The lowest BCUT2D eigenvalue weighted by Gasteiger charge is -2.33. The summed E-state index contributed by atoms with van der Waals surface area (Å²) in [5.41, 5.74) is 5.62. The maximum absolute atomic E-state index is 5.62. The first-order valence-corrected chi connectivity index (χ1v) is 5.57. The van der Waals surface area contributed by atoms with Crippen molar-refractivity contribution in [1.82, 2.24) is 10.2 Å². The first-order valence-electron chi connectivity index (χ1n) is 5.57. The van der Waals surface area contributed by atoms with Gasteiger partial charge in [0, 0.05) is 38.3 Å². The molecule has 3 heteroatoms. The van der Waals surface area contributed by atoms with Gasteiger partial charge in [-0.2, -0.15) is 0 Å². The van der Waals surface area contributed by atoms with Gasteiger partial charge in [-0.1, -0.05) is 6.42 Å². The van der Waals surface area contributed by atoms with Gasteiger partial charge in [-0.3, -0.25) is 4.90 Å². The highest BCUT2D eigenvalue weighted by Gasteiger charge is 2.28. The van der Waals surface area contributed by atoms with Crippen LogP contribution in [0.2, 0.25) is 0 Å². The minimum Gasteiger partial charge on any atom is -0.329 e. The molecule has 3 N–H and O–H groups in total. The van der Waals surface area contributed by atoms with Crippen LogP contribution in [0, 0.1) is 0 Å². The van der Waals surface area contributed by atoms with Gasteiger partial charge in [-0.05, 0) is 19.3 Å².